The minimum atomic E-state index is -0.991. The van der Waals surface area contributed by atoms with Gasteiger partial charge >= 0.3 is 6.09 Å². The Kier molecular flexibility index (Phi) is 3.01. The molecule has 0 saturated carbocycles. The lowest BCUT2D eigenvalue weighted by Crippen LogP contribution is -2.28. The van der Waals surface area contributed by atoms with Gasteiger partial charge in [0.25, 0.3) is 0 Å². The highest BCUT2D eigenvalue weighted by Crippen LogP contribution is 2.36. The van der Waals surface area contributed by atoms with Crippen LogP contribution in [-0.4, -0.2) is 22.7 Å². The van der Waals surface area contributed by atoms with Crippen molar-refractivity contribution in [3.63, 3.8) is 0 Å². The third-order valence-corrected chi connectivity index (χ3v) is 3.23. The highest BCUT2D eigenvalue weighted by atomic mass is 35.5. The molecule has 0 spiro atoms. The number of carboxylic acid groups (broad SMARTS) is 1. The molecule has 1 aromatic heterocycles. The molecule has 0 radical (unpaired) electrons. The summed E-state index contributed by atoms with van der Waals surface area (Å²) in [6.07, 6.45) is 1.54. The van der Waals surface area contributed by atoms with Crippen molar-refractivity contribution in [1.29, 1.82) is 0 Å². The molecule has 0 bridgehead atoms. The maximum atomic E-state index is 10.5. The number of hydrogen-bond donors (Lipinski definition) is 2. The molecule has 1 aliphatic rings. The minimum absolute atomic E-state index is 0.156. The van der Waals surface area contributed by atoms with E-state index in [0.29, 0.717) is 17.5 Å². The van der Waals surface area contributed by atoms with E-state index in [-0.39, 0.29) is 5.92 Å². The number of amides is 1. The summed E-state index contributed by atoms with van der Waals surface area (Å²) in [5.74, 6) is 0.552. The van der Waals surface area contributed by atoms with Gasteiger partial charge in [-0.1, -0.05) is 18.5 Å². The molecule has 1 aromatic rings. The van der Waals surface area contributed by atoms with E-state index in [2.05, 4.69) is 17.2 Å². The maximum absolute atomic E-state index is 10.5. The number of hydrogen-bond acceptors (Lipinski definition) is 2. The Bertz CT molecular complexity index is 422. The Balaban J connectivity index is 2.19. The second-order valence-corrected chi connectivity index (χ2v) is 4.61. The molecular weight excluding hydrogens is 228 g/mol. The van der Waals surface area contributed by atoms with Gasteiger partial charge in [-0.05, 0) is 24.0 Å². The van der Waals surface area contributed by atoms with E-state index in [1.54, 1.807) is 6.20 Å². The van der Waals surface area contributed by atoms with Crippen LogP contribution in [0, 0.1) is 5.92 Å². The van der Waals surface area contributed by atoms with Crippen LogP contribution < -0.4 is 5.32 Å². The van der Waals surface area contributed by atoms with Crippen molar-refractivity contribution in [2.24, 2.45) is 5.92 Å². The summed E-state index contributed by atoms with van der Waals surface area (Å²) in [6, 6.07) is 1.92. The number of fused-ring (bicyclic) bond motifs is 1. The number of halogens is 1. The SMILES string of the molecule is C[C@H]1Cc2cc(Cl)cnc2[C@@H]1CNC(=O)O. The quantitative estimate of drug-likeness (QED) is 0.834. The molecule has 1 amide bonds. The van der Waals surface area contributed by atoms with E-state index < -0.39 is 6.09 Å². The van der Waals surface area contributed by atoms with E-state index in [1.165, 1.54) is 0 Å². The first kappa shape index (κ1) is 11.2. The van der Waals surface area contributed by atoms with Gasteiger partial charge in [0.15, 0.2) is 0 Å². The summed E-state index contributed by atoms with van der Waals surface area (Å²) in [5, 5.41) is 11.7. The molecule has 1 aliphatic carbocycles. The van der Waals surface area contributed by atoms with Gasteiger partial charge in [0.1, 0.15) is 0 Å². The molecule has 0 fully saturated rings. The van der Waals surface area contributed by atoms with Gasteiger partial charge in [-0.25, -0.2) is 4.79 Å². The van der Waals surface area contributed by atoms with Gasteiger partial charge in [-0.2, -0.15) is 0 Å². The summed E-state index contributed by atoms with van der Waals surface area (Å²) < 4.78 is 0. The summed E-state index contributed by atoms with van der Waals surface area (Å²) >= 11 is 5.87. The van der Waals surface area contributed by atoms with E-state index in [9.17, 15) is 4.79 Å². The smallest absolute Gasteiger partial charge is 0.404 e. The van der Waals surface area contributed by atoms with Crippen LogP contribution in [-0.2, 0) is 6.42 Å². The molecule has 2 N–H and O–H groups in total. The highest BCUT2D eigenvalue weighted by Gasteiger charge is 2.30. The second-order valence-electron chi connectivity index (χ2n) is 4.17. The zero-order chi connectivity index (χ0) is 11.7. The molecule has 86 valence electrons. The Morgan fingerprint density at radius 3 is 3.19 bits per heavy atom. The van der Waals surface area contributed by atoms with Crippen LogP contribution in [0.25, 0.3) is 0 Å². The van der Waals surface area contributed by atoms with Gasteiger partial charge < -0.3 is 10.4 Å². The number of nitrogens with one attached hydrogen (secondary N) is 1. The molecule has 0 unspecified atom stereocenters. The van der Waals surface area contributed by atoms with Crippen molar-refractivity contribution in [2.75, 3.05) is 6.54 Å². The molecule has 2 rings (SSSR count). The summed E-state index contributed by atoms with van der Waals surface area (Å²) in [4.78, 5) is 14.8. The Hall–Kier alpha value is -1.29. The van der Waals surface area contributed by atoms with Gasteiger partial charge in [0.05, 0.1) is 5.02 Å². The van der Waals surface area contributed by atoms with Crippen molar-refractivity contribution in [3.8, 4) is 0 Å². The molecule has 4 nitrogen and oxygen atoms in total. The lowest BCUT2D eigenvalue weighted by atomic mass is 9.97. The van der Waals surface area contributed by atoms with Crippen LogP contribution in [0.15, 0.2) is 12.3 Å². The number of aromatic nitrogens is 1. The topological polar surface area (TPSA) is 62.2 Å². The molecule has 2 atom stereocenters. The standard InChI is InChI=1S/C11H13ClN2O2/c1-6-2-7-3-8(12)4-13-10(7)9(6)5-14-11(15)16/h3-4,6,9,14H,2,5H2,1H3,(H,15,16)/t6-,9+/m0/s1. The van der Waals surface area contributed by atoms with E-state index in [0.717, 1.165) is 17.7 Å². The van der Waals surface area contributed by atoms with Crippen LogP contribution in [0.1, 0.15) is 24.1 Å². The fourth-order valence-electron chi connectivity index (χ4n) is 2.24. The number of nitrogens with zero attached hydrogens (tertiary/aromatic N) is 1. The molecule has 0 saturated heterocycles. The van der Waals surface area contributed by atoms with E-state index in [1.807, 2.05) is 6.07 Å². The summed E-state index contributed by atoms with van der Waals surface area (Å²) in [6.45, 7) is 2.52. The molecule has 0 aromatic carbocycles. The Morgan fingerprint density at radius 1 is 1.75 bits per heavy atom. The van der Waals surface area contributed by atoms with Crippen molar-refractivity contribution in [3.05, 3.63) is 28.5 Å². The van der Waals surface area contributed by atoms with Gasteiger partial charge in [-0.15, -0.1) is 0 Å². The Labute approximate surface area is 98.6 Å². The largest absolute Gasteiger partial charge is 0.465 e. The van der Waals surface area contributed by atoms with Crippen LogP contribution in [0.5, 0.6) is 0 Å². The van der Waals surface area contributed by atoms with Crippen molar-refractivity contribution in [2.45, 2.75) is 19.3 Å². The lowest BCUT2D eigenvalue weighted by Gasteiger charge is -2.15. The van der Waals surface area contributed by atoms with E-state index >= 15 is 0 Å². The lowest BCUT2D eigenvalue weighted by molar-refractivity contribution is 0.193. The van der Waals surface area contributed by atoms with Crippen molar-refractivity contribution >= 4 is 17.7 Å². The molecular formula is C11H13ClN2O2. The molecule has 16 heavy (non-hydrogen) atoms. The maximum Gasteiger partial charge on any atom is 0.404 e. The average Bonchev–Trinajstić information content (AvgIpc) is 2.50. The van der Waals surface area contributed by atoms with Gasteiger partial charge in [-0.3, -0.25) is 4.98 Å². The van der Waals surface area contributed by atoms with Crippen LogP contribution in [0.4, 0.5) is 4.79 Å². The number of carbonyl (C=O) groups is 1. The van der Waals surface area contributed by atoms with Crippen LogP contribution in [0.3, 0.4) is 0 Å². The van der Waals surface area contributed by atoms with Crippen molar-refractivity contribution in [1.82, 2.24) is 10.3 Å². The normalized spacial score (nSPS) is 22.9. The first-order valence-corrected chi connectivity index (χ1v) is 5.57. The Morgan fingerprint density at radius 2 is 2.50 bits per heavy atom. The zero-order valence-corrected chi connectivity index (χ0v) is 9.66. The summed E-state index contributed by atoms with van der Waals surface area (Å²) in [7, 11) is 0. The van der Waals surface area contributed by atoms with E-state index in [4.69, 9.17) is 16.7 Å². The molecule has 5 heteroatoms. The monoisotopic (exact) mass is 240 g/mol. The third kappa shape index (κ3) is 2.11. The van der Waals surface area contributed by atoms with Crippen LogP contribution >= 0.6 is 11.6 Å². The fraction of sp³-hybridized carbons (Fsp3) is 0.455. The summed E-state index contributed by atoms with van der Waals surface area (Å²) in [5.41, 5.74) is 2.11. The van der Waals surface area contributed by atoms with Gasteiger partial charge in [0.2, 0.25) is 0 Å². The second kappa shape index (κ2) is 4.29. The average molecular weight is 241 g/mol. The highest BCUT2D eigenvalue weighted by molar-refractivity contribution is 6.30. The molecule has 0 aliphatic heterocycles. The molecule has 1 heterocycles. The number of rotatable bonds is 2. The zero-order valence-electron chi connectivity index (χ0n) is 8.90. The van der Waals surface area contributed by atoms with Gasteiger partial charge in [0, 0.05) is 24.4 Å². The minimum Gasteiger partial charge on any atom is -0.465 e. The fourth-order valence-corrected chi connectivity index (χ4v) is 2.42. The van der Waals surface area contributed by atoms with Crippen LogP contribution in [0.2, 0.25) is 5.02 Å². The first-order chi connectivity index (χ1) is 7.58. The predicted octanol–water partition coefficient (Wildman–Crippen LogP) is 2.28. The first-order valence-electron chi connectivity index (χ1n) is 5.19. The third-order valence-electron chi connectivity index (χ3n) is 3.02. The predicted molar refractivity (Wildman–Crippen MR) is 60.9 cm³/mol. The number of pyridine rings is 1. The van der Waals surface area contributed by atoms with Crippen molar-refractivity contribution < 1.29 is 9.90 Å².